The van der Waals surface area contributed by atoms with Crippen molar-refractivity contribution in [2.24, 2.45) is 4.99 Å². The molecule has 1 aromatic heterocycles. The minimum Gasteiger partial charge on any atom is -0.383 e. The van der Waals surface area contributed by atoms with Crippen LogP contribution in [0.25, 0.3) is 11.0 Å². The number of hydrogen-bond donors (Lipinski definition) is 1. The van der Waals surface area contributed by atoms with E-state index in [1.807, 2.05) is 24.3 Å². The highest BCUT2D eigenvalue weighted by Gasteiger charge is 2.21. The van der Waals surface area contributed by atoms with Crippen molar-refractivity contribution in [3.63, 3.8) is 0 Å². The predicted octanol–water partition coefficient (Wildman–Crippen LogP) is 2.68. The van der Waals surface area contributed by atoms with Crippen molar-refractivity contribution in [2.45, 2.75) is 6.42 Å². The number of nitro groups is 1. The molecule has 0 aliphatic carbocycles. The lowest BCUT2D eigenvalue weighted by molar-refractivity contribution is -0.383. The molecule has 1 amide bonds. The van der Waals surface area contributed by atoms with Crippen LogP contribution in [0, 0.1) is 10.1 Å². The standard InChI is InChI=1S/C17H14N6O4/c24-15(22-10-9-19-11-3-1-2-4-13(11)22)7-8-18-12-5-6-14(23(25)26)17-16(12)20-27-21-17/h1-6,9,18H,7-8,10H2. The van der Waals surface area contributed by atoms with Gasteiger partial charge in [0, 0.05) is 25.2 Å². The van der Waals surface area contributed by atoms with Crippen LogP contribution in [-0.4, -0.2) is 40.4 Å². The molecule has 0 radical (unpaired) electrons. The largest absolute Gasteiger partial charge is 0.383 e. The molecule has 10 heteroatoms. The molecule has 1 aliphatic rings. The molecule has 0 saturated heterocycles. The maximum absolute atomic E-state index is 12.6. The number of benzene rings is 2. The average molecular weight is 366 g/mol. The number of fused-ring (bicyclic) bond motifs is 2. The first-order chi connectivity index (χ1) is 13.1. The average Bonchev–Trinajstić information content (AvgIpc) is 3.17. The maximum atomic E-state index is 12.6. The number of nitrogens with one attached hydrogen (secondary N) is 1. The first-order valence-corrected chi connectivity index (χ1v) is 8.20. The summed E-state index contributed by atoms with van der Waals surface area (Å²) in [5.41, 5.74) is 2.20. The molecule has 0 bridgehead atoms. The van der Waals surface area contributed by atoms with Crippen molar-refractivity contribution < 1.29 is 14.3 Å². The third-order valence-corrected chi connectivity index (χ3v) is 4.21. The summed E-state index contributed by atoms with van der Waals surface area (Å²) in [4.78, 5) is 29.0. The summed E-state index contributed by atoms with van der Waals surface area (Å²) in [5.74, 6) is -0.0578. The summed E-state index contributed by atoms with van der Waals surface area (Å²) in [6.07, 6.45) is 1.93. The van der Waals surface area contributed by atoms with Crippen LogP contribution in [0.1, 0.15) is 6.42 Å². The quantitative estimate of drug-likeness (QED) is 0.543. The van der Waals surface area contributed by atoms with Crippen molar-refractivity contribution >= 4 is 45.9 Å². The highest BCUT2D eigenvalue weighted by Crippen LogP contribution is 2.31. The van der Waals surface area contributed by atoms with Gasteiger partial charge in [-0.3, -0.25) is 19.9 Å². The molecule has 2 heterocycles. The fourth-order valence-corrected chi connectivity index (χ4v) is 2.94. The van der Waals surface area contributed by atoms with Crippen LogP contribution in [-0.2, 0) is 4.79 Å². The monoisotopic (exact) mass is 366 g/mol. The smallest absolute Gasteiger partial charge is 0.300 e. The van der Waals surface area contributed by atoms with Crippen molar-refractivity contribution in [3.05, 3.63) is 46.5 Å². The van der Waals surface area contributed by atoms with E-state index in [0.717, 1.165) is 11.4 Å². The lowest BCUT2D eigenvalue weighted by Gasteiger charge is -2.25. The number of nitrogens with zero attached hydrogens (tertiary/aromatic N) is 5. The number of carbonyl (C=O) groups is 1. The zero-order valence-corrected chi connectivity index (χ0v) is 14.0. The van der Waals surface area contributed by atoms with Gasteiger partial charge in [-0.15, -0.1) is 0 Å². The van der Waals surface area contributed by atoms with Crippen LogP contribution in [0.5, 0.6) is 0 Å². The zero-order valence-electron chi connectivity index (χ0n) is 14.0. The van der Waals surface area contributed by atoms with Gasteiger partial charge in [0.2, 0.25) is 11.4 Å². The molecule has 0 unspecified atom stereocenters. The van der Waals surface area contributed by atoms with E-state index in [9.17, 15) is 14.9 Å². The number of aromatic nitrogens is 2. The molecule has 0 fully saturated rings. The first kappa shape index (κ1) is 16.6. The van der Waals surface area contributed by atoms with E-state index in [2.05, 4.69) is 25.3 Å². The molecule has 4 rings (SSSR count). The second kappa shape index (κ2) is 6.83. The number of hydrogen-bond acceptors (Lipinski definition) is 8. The van der Waals surface area contributed by atoms with Gasteiger partial charge in [0.25, 0.3) is 0 Å². The Hall–Kier alpha value is -3.82. The van der Waals surface area contributed by atoms with E-state index in [0.29, 0.717) is 18.8 Å². The van der Waals surface area contributed by atoms with Gasteiger partial charge in [-0.25, -0.2) is 4.63 Å². The highest BCUT2D eigenvalue weighted by atomic mass is 16.6. The zero-order chi connectivity index (χ0) is 18.8. The Labute approximate surface area is 152 Å². The number of amides is 1. The van der Waals surface area contributed by atoms with Gasteiger partial charge in [0.05, 0.1) is 28.5 Å². The lowest BCUT2D eigenvalue weighted by Crippen LogP contribution is -2.35. The number of aliphatic imine (C=N–C) groups is 1. The third kappa shape index (κ3) is 3.08. The van der Waals surface area contributed by atoms with Crippen molar-refractivity contribution in [1.29, 1.82) is 0 Å². The van der Waals surface area contributed by atoms with Crippen LogP contribution in [0.15, 0.2) is 46.0 Å². The number of para-hydroxylation sites is 2. The molecular formula is C17H14N6O4. The summed E-state index contributed by atoms with van der Waals surface area (Å²) in [7, 11) is 0. The normalized spacial score (nSPS) is 12.8. The minimum atomic E-state index is -0.546. The molecule has 27 heavy (non-hydrogen) atoms. The number of nitro benzene ring substituents is 1. The van der Waals surface area contributed by atoms with Gasteiger partial charge in [-0.05, 0) is 28.5 Å². The van der Waals surface area contributed by atoms with E-state index < -0.39 is 4.92 Å². The first-order valence-electron chi connectivity index (χ1n) is 8.20. The van der Waals surface area contributed by atoms with Crippen molar-refractivity contribution in [2.75, 3.05) is 23.3 Å². The topological polar surface area (TPSA) is 127 Å². The SMILES string of the molecule is O=C(CCNc1ccc([N+](=O)[O-])c2nonc12)N1CC=Nc2ccccc21. The second-order valence-electron chi connectivity index (χ2n) is 5.83. The highest BCUT2D eigenvalue weighted by molar-refractivity contribution is 6.01. The fourth-order valence-electron chi connectivity index (χ4n) is 2.94. The van der Waals surface area contributed by atoms with Crippen LogP contribution < -0.4 is 10.2 Å². The number of rotatable bonds is 5. The minimum absolute atomic E-state index is 0.0578. The van der Waals surface area contributed by atoms with Crippen LogP contribution in [0.4, 0.5) is 22.7 Å². The van der Waals surface area contributed by atoms with Gasteiger partial charge in [-0.2, -0.15) is 0 Å². The molecule has 1 aliphatic heterocycles. The van der Waals surface area contributed by atoms with E-state index in [-0.39, 0.29) is 29.0 Å². The summed E-state index contributed by atoms with van der Waals surface area (Å²) in [6.45, 7) is 0.749. The van der Waals surface area contributed by atoms with Gasteiger partial charge in [0.15, 0.2) is 5.52 Å². The third-order valence-electron chi connectivity index (χ3n) is 4.21. The molecule has 3 aromatic rings. The van der Waals surface area contributed by atoms with Crippen molar-refractivity contribution in [3.8, 4) is 0 Å². The van der Waals surface area contributed by atoms with Gasteiger partial charge in [-0.1, -0.05) is 12.1 Å². The van der Waals surface area contributed by atoms with Crippen LogP contribution in [0.3, 0.4) is 0 Å². The van der Waals surface area contributed by atoms with Crippen LogP contribution >= 0.6 is 0 Å². The fraction of sp³-hybridized carbons (Fsp3) is 0.176. The van der Waals surface area contributed by atoms with Crippen LogP contribution in [0.2, 0.25) is 0 Å². The summed E-state index contributed by atoms with van der Waals surface area (Å²) < 4.78 is 4.62. The summed E-state index contributed by atoms with van der Waals surface area (Å²) in [5, 5.41) is 21.4. The van der Waals surface area contributed by atoms with E-state index in [4.69, 9.17) is 0 Å². The Bertz CT molecular complexity index is 1060. The van der Waals surface area contributed by atoms with Gasteiger partial charge < -0.3 is 10.2 Å². The van der Waals surface area contributed by atoms with Gasteiger partial charge >= 0.3 is 5.69 Å². The Kier molecular flexibility index (Phi) is 4.21. The summed E-state index contributed by atoms with van der Waals surface area (Å²) in [6, 6.07) is 10.3. The Morgan fingerprint density at radius 2 is 2.04 bits per heavy atom. The Balaban J connectivity index is 1.45. The van der Waals surface area contributed by atoms with Crippen molar-refractivity contribution in [1.82, 2.24) is 10.3 Å². The van der Waals surface area contributed by atoms with E-state index in [1.54, 1.807) is 11.1 Å². The predicted molar refractivity (Wildman–Crippen MR) is 98.5 cm³/mol. The second-order valence-corrected chi connectivity index (χ2v) is 5.83. The Morgan fingerprint density at radius 3 is 2.89 bits per heavy atom. The lowest BCUT2D eigenvalue weighted by atomic mass is 10.2. The number of carbonyl (C=O) groups excluding carboxylic acids is 1. The number of anilines is 2. The summed E-state index contributed by atoms with van der Waals surface area (Å²) >= 11 is 0. The molecular weight excluding hydrogens is 352 g/mol. The molecule has 0 atom stereocenters. The molecule has 10 nitrogen and oxygen atoms in total. The molecule has 1 N–H and O–H groups in total. The molecule has 2 aromatic carbocycles. The maximum Gasteiger partial charge on any atom is 0.300 e. The molecule has 0 spiro atoms. The Morgan fingerprint density at radius 1 is 1.22 bits per heavy atom. The molecule has 136 valence electrons. The molecule has 0 saturated carbocycles. The van der Waals surface area contributed by atoms with E-state index in [1.165, 1.54) is 12.1 Å². The van der Waals surface area contributed by atoms with Gasteiger partial charge in [0.1, 0.15) is 0 Å². The number of non-ortho nitro benzene ring substituents is 1. The van der Waals surface area contributed by atoms with E-state index >= 15 is 0 Å².